The molecule has 144 valence electrons. The second-order valence-corrected chi connectivity index (χ2v) is 6.53. The van der Waals surface area contributed by atoms with E-state index >= 15 is 0 Å². The number of nitrogens with zero attached hydrogens (tertiary/aromatic N) is 1. The summed E-state index contributed by atoms with van der Waals surface area (Å²) in [6, 6.07) is 12.3. The molecule has 1 aliphatic heterocycles. The van der Waals surface area contributed by atoms with Crippen molar-refractivity contribution in [2.75, 3.05) is 26.8 Å². The summed E-state index contributed by atoms with van der Waals surface area (Å²) in [6.07, 6.45) is 1.14. The van der Waals surface area contributed by atoms with Crippen LogP contribution in [-0.2, 0) is 18.0 Å². The lowest BCUT2D eigenvalue weighted by atomic mass is 10.1. The summed E-state index contributed by atoms with van der Waals surface area (Å²) in [4.78, 5) is 10.9. The molecular weight excluding hydrogens is 348 g/mol. The van der Waals surface area contributed by atoms with Crippen LogP contribution in [0.1, 0.15) is 17.5 Å². The molecule has 27 heavy (non-hydrogen) atoms. The lowest BCUT2D eigenvalue weighted by molar-refractivity contribution is -0.385. The minimum atomic E-state index is -0.396. The first-order chi connectivity index (χ1) is 13.2. The topological polar surface area (TPSA) is 82.9 Å². The molecule has 0 unspecified atom stereocenters. The van der Waals surface area contributed by atoms with Crippen molar-refractivity contribution in [3.63, 3.8) is 0 Å². The normalized spacial score (nSPS) is 16.3. The molecule has 1 fully saturated rings. The number of hydrogen-bond donors (Lipinski definition) is 1. The number of benzene rings is 2. The van der Waals surface area contributed by atoms with Crippen LogP contribution in [0.5, 0.6) is 11.5 Å². The first kappa shape index (κ1) is 19.1. The summed E-state index contributed by atoms with van der Waals surface area (Å²) in [5, 5.41) is 14.6. The maximum Gasteiger partial charge on any atom is 0.276 e. The van der Waals surface area contributed by atoms with Crippen LogP contribution in [0.4, 0.5) is 5.69 Å². The smallest absolute Gasteiger partial charge is 0.276 e. The van der Waals surface area contributed by atoms with Crippen LogP contribution in [0.15, 0.2) is 42.5 Å². The maximum absolute atomic E-state index is 11.3. The van der Waals surface area contributed by atoms with E-state index in [9.17, 15) is 10.1 Å². The molecule has 2 aromatic carbocycles. The summed E-state index contributed by atoms with van der Waals surface area (Å²) < 4.78 is 16.7. The molecule has 0 aliphatic carbocycles. The summed E-state index contributed by atoms with van der Waals surface area (Å²) in [6.45, 7) is 3.15. The van der Waals surface area contributed by atoms with E-state index in [1.807, 2.05) is 30.3 Å². The number of hydrogen-bond acceptors (Lipinski definition) is 6. The Morgan fingerprint density at radius 2 is 1.85 bits per heavy atom. The van der Waals surface area contributed by atoms with Crippen molar-refractivity contribution in [2.24, 2.45) is 5.92 Å². The maximum atomic E-state index is 11.3. The van der Waals surface area contributed by atoms with E-state index in [2.05, 4.69) is 5.32 Å². The van der Waals surface area contributed by atoms with Gasteiger partial charge in [0.1, 0.15) is 18.1 Å². The Bertz CT molecular complexity index is 757. The van der Waals surface area contributed by atoms with Gasteiger partial charge < -0.3 is 19.5 Å². The number of nitrogens with one attached hydrogen (secondary N) is 1. The van der Waals surface area contributed by atoms with Crippen molar-refractivity contribution < 1.29 is 19.1 Å². The number of rotatable bonds is 9. The Labute approximate surface area is 158 Å². The second-order valence-electron chi connectivity index (χ2n) is 6.53. The summed E-state index contributed by atoms with van der Waals surface area (Å²) in [5.41, 5.74) is 1.31. The van der Waals surface area contributed by atoms with E-state index in [1.54, 1.807) is 13.2 Å². The molecule has 0 amide bonds. The molecule has 0 aromatic heterocycles. The van der Waals surface area contributed by atoms with Crippen molar-refractivity contribution in [1.82, 2.24) is 5.32 Å². The highest BCUT2D eigenvalue weighted by atomic mass is 16.6. The first-order valence-corrected chi connectivity index (χ1v) is 8.98. The Morgan fingerprint density at radius 1 is 1.11 bits per heavy atom. The van der Waals surface area contributed by atoms with E-state index in [0.717, 1.165) is 30.8 Å². The molecule has 1 atom stereocenters. The Hall–Kier alpha value is -2.64. The van der Waals surface area contributed by atoms with Crippen molar-refractivity contribution in [3.05, 3.63) is 63.7 Å². The molecular formula is C20H24N2O5. The van der Waals surface area contributed by atoms with Crippen LogP contribution in [-0.4, -0.2) is 31.7 Å². The Kier molecular flexibility index (Phi) is 6.62. The van der Waals surface area contributed by atoms with Gasteiger partial charge in [0.25, 0.3) is 5.69 Å². The highest BCUT2D eigenvalue weighted by Crippen LogP contribution is 2.26. The molecule has 1 aliphatic rings. The molecule has 0 radical (unpaired) electrons. The zero-order chi connectivity index (χ0) is 19.1. The lowest BCUT2D eigenvalue weighted by Gasteiger charge is -2.13. The minimum absolute atomic E-state index is 0.0367. The van der Waals surface area contributed by atoms with Crippen LogP contribution in [0, 0.1) is 16.0 Å². The van der Waals surface area contributed by atoms with Crippen molar-refractivity contribution in [1.29, 1.82) is 0 Å². The van der Waals surface area contributed by atoms with E-state index in [1.165, 1.54) is 6.07 Å². The van der Waals surface area contributed by atoms with Crippen LogP contribution in [0.25, 0.3) is 0 Å². The highest BCUT2D eigenvalue weighted by Gasteiger charge is 2.18. The predicted molar refractivity (Wildman–Crippen MR) is 101 cm³/mol. The lowest BCUT2D eigenvalue weighted by Crippen LogP contribution is -2.15. The van der Waals surface area contributed by atoms with Crippen molar-refractivity contribution in [3.8, 4) is 11.5 Å². The summed E-state index contributed by atoms with van der Waals surface area (Å²) >= 11 is 0. The van der Waals surface area contributed by atoms with Gasteiger partial charge in [-0.3, -0.25) is 10.1 Å². The largest absolute Gasteiger partial charge is 0.493 e. The highest BCUT2D eigenvalue weighted by molar-refractivity contribution is 5.45. The number of nitro benzene ring substituents is 1. The van der Waals surface area contributed by atoms with Crippen molar-refractivity contribution >= 4 is 5.69 Å². The molecule has 2 aromatic rings. The molecule has 1 N–H and O–H groups in total. The SMILES string of the molecule is COCc1cccc([N+](=O)[O-])c1COc1ccc(OC[C@@H]2CCNC2)cc1. The third-order valence-electron chi connectivity index (χ3n) is 4.60. The number of ether oxygens (including phenoxy) is 3. The number of nitro groups is 1. The fourth-order valence-electron chi connectivity index (χ4n) is 3.11. The van der Waals surface area contributed by atoms with E-state index in [0.29, 0.717) is 30.4 Å². The number of methoxy groups -OCH3 is 1. The zero-order valence-electron chi connectivity index (χ0n) is 15.3. The van der Waals surface area contributed by atoms with Gasteiger partial charge in [0.05, 0.1) is 23.7 Å². The quantitative estimate of drug-likeness (QED) is 0.537. The Morgan fingerprint density at radius 3 is 2.48 bits per heavy atom. The van der Waals surface area contributed by atoms with Crippen molar-refractivity contribution in [2.45, 2.75) is 19.6 Å². The minimum Gasteiger partial charge on any atom is -0.493 e. The fraction of sp³-hybridized carbons (Fsp3) is 0.400. The summed E-state index contributed by atoms with van der Waals surface area (Å²) in [7, 11) is 1.56. The van der Waals surface area contributed by atoms with Gasteiger partial charge in [-0.1, -0.05) is 12.1 Å². The third kappa shape index (κ3) is 5.18. The fourth-order valence-corrected chi connectivity index (χ4v) is 3.11. The van der Waals surface area contributed by atoms with Gasteiger partial charge in [0, 0.05) is 25.6 Å². The van der Waals surface area contributed by atoms with Gasteiger partial charge in [-0.25, -0.2) is 0 Å². The molecule has 1 heterocycles. The average Bonchev–Trinajstić information content (AvgIpc) is 3.20. The molecule has 0 saturated carbocycles. The van der Waals surface area contributed by atoms with Gasteiger partial charge in [-0.2, -0.15) is 0 Å². The standard InChI is InChI=1S/C20H24N2O5/c1-25-13-16-3-2-4-20(22(23)24)19(16)14-27-18-7-5-17(6-8-18)26-12-15-9-10-21-11-15/h2-8,15,21H,9-14H2,1H3/t15-/m1/s1. The Balaban J connectivity index is 1.61. The summed E-state index contributed by atoms with van der Waals surface area (Å²) in [5.74, 6) is 1.98. The van der Waals surface area contributed by atoms with E-state index in [4.69, 9.17) is 14.2 Å². The van der Waals surface area contributed by atoms with Crippen LogP contribution >= 0.6 is 0 Å². The van der Waals surface area contributed by atoms with E-state index in [-0.39, 0.29) is 12.3 Å². The van der Waals surface area contributed by atoms with Gasteiger partial charge in [-0.05, 0) is 42.8 Å². The molecule has 0 spiro atoms. The molecule has 3 rings (SSSR count). The molecule has 7 nitrogen and oxygen atoms in total. The van der Waals surface area contributed by atoms with Gasteiger partial charge in [0.2, 0.25) is 0 Å². The predicted octanol–water partition coefficient (Wildman–Crippen LogP) is 3.31. The van der Waals surface area contributed by atoms with Crippen LogP contribution in [0.3, 0.4) is 0 Å². The van der Waals surface area contributed by atoms with Gasteiger partial charge in [-0.15, -0.1) is 0 Å². The van der Waals surface area contributed by atoms with Crippen LogP contribution < -0.4 is 14.8 Å². The average molecular weight is 372 g/mol. The first-order valence-electron chi connectivity index (χ1n) is 8.98. The monoisotopic (exact) mass is 372 g/mol. The molecule has 1 saturated heterocycles. The molecule has 7 heteroatoms. The van der Waals surface area contributed by atoms with Crippen LogP contribution in [0.2, 0.25) is 0 Å². The van der Waals surface area contributed by atoms with Gasteiger partial charge in [0.15, 0.2) is 0 Å². The van der Waals surface area contributed by atoms with Gasteiger partial charge >= 0.3 is 0 Å². The third-order valence-corrected chi connectivity index (χ3v) is 4.60. The molecule has 0 bridgehead atoms. The zero-order valence-corrected chi connectivity index (χ0v) is 15.3. The second kappa shape index (κ2) is 9.34. The van der Waals surface area contributed by atoms with E-state index < -0.39 is 4.92 Å².